The first-order valence-corrected chi connectivity index (χ1v) is 35.9. The molecule has 462 valence electrons. The summed E-state index contributed by atoms with van der Waals surface area (Å²) in [5.41, 5.74) is 37.3. The number of aryl methyl sites for hydroxylation is 6. The number of hydrogen-bond donors (Lipinski definition) is 0. The number of anilines is 7. The van der Waals surface area contributed by atoms with Crippen LogP contribution in [0.2, 0.25) is 0 Å². The zero-order valence-electron chi connectivity index (χ0n) is 55.2. The third-order valence-corrected chi connectivity index (χ3v) is 22.9. The topological polar surface area (TPSA) is 37.4 Å². The van der Waals surface area contributed by atoms with Crippen molar-refractivity contribution in [1.29, 1.82) is 0 Å². The molecule has 6 aliphatic heterocycles. The lowest BCUT2D eigenvalue weighted by molar-refractivity contribution is 0.466. The number of benzene rings is 13. The third-order valence-electron chi connectivity index (χ3n) is 21.4. The van der Waals surface area contributed by atoms with E-state index in [1.165, 1.54) is 88.9 Å². The smallest absolute Gasteiger partial charge is 0.260 e. The Morgan fingerprint density at radius 2 is 0.670 bits per heavy atom. The van der Waals surface area contributed by atoms with E-state index < -0.39 is 0 Å². The minimum atomic E-state index is -0.223. The van der Waals surface area contributed by atoms with Gasteiger partial charge < -0.3 is 19.1 Å². The number of nitrogens with zero attached hydrogens (tertiary/aromatic N) is 3. The Morgan fingerprint density at radius 1 is 0.278 bits per heavy atom. The maximum Gasteiger partial charge on any atom is 0.260 e. The second-order valence-electron chi connectivity index (χ2n) is 26.9. The van der Waals surface area contributed by atoms with E-state index in [-0.39, 0.29) is 20.1 Å². The molecule has 6 nitrogen and oxygen atoms in total. The van der Waals surface area contributed by atoms with Crippen LogP contribution in [0, 0.1) is 41.5 Å². The van der Waals surface area contributed by atoms with Crippen molar-refractivity contribution < 1.29 is 14.2 Å². The van der Waals surface area contributed by atoms with Gasteiger partial charge in [-0.05, 0) is 242 Å². The fourth-order valence-electron chi connectivity index (χ4n) is 17.4. The molecule has 0 atom stereocenters. The summed E-state index contributed by atoms with van der Waals surface area (Å²) in [6, 6.07) is 90.2. The number of ether oxygens (including phenoxy) is 3. The fourth-order valence-corrected chi connectivity index (χ4v) is 18.8. The van der Waals surface area contributed by atoms with Crippen LogP contribution in [0.4, 0.5) is 39.8 Å². The molecule has 0 unspecified atom stereocenters. The lowest BCUT2D eigenvalue weighted by Crippen LogP contribution is -2.65. The van der Waals surface area contributed by atoms with Gasteiger partial charge in [0, 0.05) is 57.9 Å². The predicted molar refractivity (Wildman–Crippen MR) is 414 cm³/mol. The molecule has 97 heavy (non-hydrogen) atoms. The molecule has 19 rings (SSSR count). The fraction of sp³-hybridized carbons (Fsp3) is 0.0930. The van der Waals surface area contributed by atoms with Gasteiger partial charge >= 0.3 is 0 Å². The van der Waals surface area contributed by atoms with E-state index in [0.29, 0.717) is 0 Å². The first-order chi connectivity index (χ1) is 47.5. The molecule has 0 amide bonds. The molecule has 0 fully saturated rings. The van der Waals surface area contributed by atoms with Crippen LogP contribution in [0.25, 0.3) is 55.6 Å². The van der Waals surface area contributed by atoms with Gasteiger partial charge in [-0.3, -0.25) is 8.61 Å². The summed E-state index contributed by atoms with van der Waals surface area (Å²) >= 11 is 3.54. The molecule has 0 aliphatic carbocycles. The van der Waals surface area contributed by atoms with Crippen LogP contribution in [-0.2, 0) is 0 Å². The van der Waals surface area contributed by atoms with Gasteiger partial charge in [0.1, 0.15) is 34.5 Å². The molecular formula is C86H64B3N3O3S2. The summed E-state index contributed by atoms with van der Waals surface area (Å²) in [7, 11) is 0. The zero-order chi connectivity index (χ0) is 65.2. The molecule has 13 aromatic rings. The molecule has 0 saturated carbocycles. The standard InChI is InChI=1S/C86H64B3N3O3S2/c1-49-23-18-24-50(2)79(49)57-40-73-82-74(41-57)92(97-8)71-48-75-68(88-64-38-22-36-62(56-31-14-10-15-32-56)86(64)95-78-44-59(43-77(93-75)84(78)88)81-53(5)27-20-28-54(81)6)46-67(71)89(82)66-45-65-69(47-70(66)91(73)96-7)90(60-33-16-11-17-34-60)72-39-58(80-51(3)25-19-26-52(80)4)42-76-83(72)87(65)63-37-21-35-61(85(63)94-76)55-29-12-9-13-30-55/h9-48H,1-8H3. The van der Waals surface area contributed by atoms with Gasteiger partial charge in [0.15, 0.2) is 0 Å². The Labute approximate surface area is 577 Å². The Balaban J connectivity index is 0.905. The molecule has 6 aliphatic rings. The van der Waals surface area contributed by atoms with Crippen molar-refractivity contribution in [3.63, 3.8) is 0 Å². The summed E-state index contributed by atoms with van der Waals surface area (Å²) in [4.78, 5) is 2.54. The van der Waals surface area contributed by atoms with Crippen LogP contribution in [0.5, 0.6) is 34.5 Å². The monoisotopic (exact) mass is 1280 g/mol. The summed E-state index contributed by atoms with van der Waals surface area (Å²) in [6.07, 6.45) is 4.48. The summed E-state index contributed by atoms with van der Waals surface area (Å²) in [6.45, 7) is 12.7. The first kappa shape index (κ1) is 58.0. The third kappa shape index (κ3) is 8.60. The minimum Gasteiger partial charge on any atom is -0.458 e. The normalized spacial score (nSPS) is 13.6. The number of hydrogen-bond acceptors (Lipinski definition) is 8. The number of rotatable bonds is 8. The van der Waals surface area contributed by atoms with Gasteiger partial charge in [-0.2, -0.15) is 0 Å². The van der Waals surface area contributed by atoms with E-state index in [2.05, 4.69) is 310 Å². The van der Waals surface area contributed by atoms with Crippen molar-refractivity contribution in [2.45, 2.75) is 41.5 Å². The van der Waals surface area contributed by atoms with Crippen LogP contribution in [0.3, 0.4) is 0 Å². The van der Waals surface area contributed by atoms with Gasteiger partial charge in [0.2, 0.25) is 0 Å². The van der Waals surface area contributed by atoms with Gasteiger partial charge in [0.05, 0.1) is 17.1 Å². The molecule has 13 aromatic carbocycles. The van der Waals surface area contributed by atoms with Gasteiger partial charge in [0.25, 0.3) is 20.1 Å². The van der Waals surface area contributed by atoms with Crippen LogP contribution in [-0.4, -0.2) is 32.6 Å². The van der Waals surface area contributed by atoms with Gasteiger partial charge in [-0.1, -0.05) is 182 Å². The highest BCUT2D eigenvalue weighted by Crippen LogP contribution is 2.52. The van der Waals surface area contributed by atoms with E-state index >= 15 is 0 Å². The highest BCUT2D eigenvalue weighted by molar-refractivity contribution is 8.00. The Kier molecular flexibility index (Phi) is 13.2. The minimum absolute atomic E-state index is 0.205. The summed E-state index contributed by atoms with van der Waals surface area (Å²) in [5.74, 6) is 5.11. The van der Waals surface area contributed by atoms with Gasteiger partial charge in [-0.25, -0.2) is 0 Å². The van der Waals surface area contributed by atoms with Crippen molar-refractivity contribution in [2.24, 2.45) is 0 Å². The molecule has 0 aromatic heterocycles. The largest absolute Gasteiger partial charge is 0.458 e. The van der Waals surface area contributed by atoms with Crippen LogP contribution in [0.1, 0.15) is 33.4 Å². The number of fused-ring (bicyclic) bond motifs is 12. The van der Waals surface area contributed by atoms with Crippen molar-refractivity contribution in [1.82, 2.24) is 0 Å². The summed E-state index contributed by atoms with van der Waals surface area (Å²) < 4.78 is 27.6. The Morgan fingerprint density at radius 3 is 1.18 bits per heavy atom. The molecule has 0 bridgehead atoms. The molecular weight excluding hydrogens is 1220 g/mol. The van der Waals surface area contributed by atoms with Gasteiger partial charge in [-0.15, -0.1) is 0 Å². The van der Waals surface area contributed by atoms with E-state index in [4.69, 9.17) is 14.2 Å². The molecule has 0 radical (unpaired) electrons. The maximum atomic E-state index is 7.59. The van der Waals surface area contributed by atoms with Crippen molar-refractivity contribution in [2.75, 3.05) is 26.0 Å². The van der Waals surface area contributed by atoms with Crippen molar-refractivity contribution >= 4 is 133 Å². The van der Waals surface area contributed by atoms with Crippen molar-refractivity contribution in [3.05, 3.63) is 276 Å². The molecule has 0 saturated heterocycles. The highest BCUT2D eigenvalue weighted by atomic mass is 32.2. The molecule has 6 heterocycles. The molecule has 0 spiro atoms. The number of para-hydroxylation sites is 3. The van der Waals surface area contributed by atoms with E-state index in [1.54, 1.807) is 23.9 Å². The average molecular weight is 1280 g/mol. The lowest BCUT2D eigenvalue weighted by atomic mass is 9.29. The van der Waals surface area contributed by atoms with E-state index in [9.17, 15) is 0 Å². The maximum absolute atomic E-state index is 7.59. The SMILES string of the molecule is CSN1c2cc3c(cc2B2c4cc5c(cc4N(SC)c4cc(-c6c(C)cccc6C)cc1c42)N(c1ccccc1)c1cc(-c2c(C)cccc2C)cc2c1B5c1cccc(-c4ccccc4)c1O2)B1c2cccc(-c4ccccc4)c2Oc2cc(-c4c(C)cccc4C)cc(c21)O3. The second kappa shape index (κ2) is 22.0. The quantitative estimate of drug-likeness (QED) is 0.110. The highest BCUT2D eigenvalue weighted by Gasteiger charge is 2.50. The second-order valence-corrected chi connectivity index (χ2v) is 28.3. The Bertz CT molecular complexity index is 5490. The van der Waals surface area contributed by atoms with Crippen LogP contribution < -0.4 is 76.9 Å². The van der Waals surface area contributed by atoms with Crippen LogP contribution in [0.15, 0.2) is 243 Å². The summed E-state index contributed by atoms with van der Waals surface area (Å²) in [5, 5.41) is 0. The lowest BCUT2D eigenvalue weighted by Gasteiger charge is -2.46. The van der Waals surface area contributed by atoms with Crippen LogP contribution >= 0.6 is 23.9 Å². The average Bonchev–Trinajstić information content (AvgIpc) is 0.689. The molecule has 0 N–H and O–H groups in total. The first-order valence-electron chi connectivity index (χ1n) is 33.5. The Hall–Kier alpha value is -10.4. The van der Waals surface area contributed by atoms with E-state index in [1.807, 2.05) is 0 Å². The van der Waals surface area contributed by atoms with Crippen molar-refractivity contribution in [3.8, 4) is 90.1 Å². The molecule has 11 heteroatoms. The van der Waals surface area contributed by atoms with E-state index in [0.717, 1.165) is 124 Å². The zero-order valence-corrected chi connectivity index (χ0v) is 56.8. The predicted octanol–water partition coefficient (Wildman–Crippen LogP) is 17.0.